The van der Waals surface area contributed by atoms with Gasteiger partial charge in [0.25, 0.3) is 0 Å². The second kappa shape index (κ2) is 4.37. The van der Waals surface area contributed by atoms with E-state index in [9.17, 15) is 19.8 Å². The number of amides is 1. The third kappa shape index (κ3) is 1.56. The number of carbonyl (C=O) groups is 2. The molecular weight excluding hydrogens is 236 g/mol. The third-order valence-electron chi connectivity index (χ3n) is 3.89. The fraction of sp³-hybridized carbons (Fsp3) is 0.667. The highest BCUT2D eigenvalue weighted by atomic mass is 16.4. The normalized spacial score (nSPS) is 32.3. The van der Waals surface area contributed by atoms with E-state index in [2.05, 4.69) is 5.32 Å². The highest BCUT2D eigenvalue weighted by Crippen LogP contribution is 2.46. The third-order valence-corrected chi connectivity index (χ3v) is 3.89. The highest BCUT2D eigenvalue weighted by Gasteiger charge is 2.59. The Morgan fingerprint density at radius 2 is 2.17 bits per heavy atom. The number of carbonyl (C=O) groups excluding carboxylic acids is 1. The van der Waals surface area contributed by atoms with Gasteiger partial charge in [0.1, 0.15) is 5.70 Å². The molecule has 0 aromatic carbocycles. The Balaban J connectivity index is 2.37. The van der Waals surface area contributed by atoms with E-state index in [-0.39, 0.29) is 23.6 Å². The van der Waals surface area contributed by atoms with Gasteiger partial charge in [0.05, 0.1) is 18.1 Å². The van der Waals surface area contributed by atoms with Gasteiger partial charge in [0, 0.05) is 12.5 Å². The molecule has 0 aromatic heterocycles. The predicted octanol–water partition coefficient (Wildman–Crippen LogP) is -0.598. The van der Waals surface area contributed by atoms with Gasteiger partial charge in [-0.15, -0.1) is 0 Å². The second-order valence-corrected chi connectivity index (χ2v) is 4.96. The minimum absolute atomic E-state index is 0.0409. The Kier molecular flexibility index (Phi) is 3.16. The molecule has 2 heterocycles. The van der Waals surface area contributed by atoms with E-state index in [4.69, 9.17) is 0 Å². The van der Waals surface area contributed by atoms with Crippen molar-refractivity contribution in [2.24, 2.45) is 11.8 Å². The SMILES string of the molecule is CNCC1=C(C(=O)O)N2C(=O)C(C(C)O)C2C1C. The van der Waals surface area contributed by atoms with Crippen LogP contribution in [0.2, 0.25) is 0 Å². The molecule has 2 aliphatic rings. The van der Waals surface area contributed by atoms with E-state index in [0.29, 0.717) is 6.54 Å². The molecule has 100 valence electrons. The Morgan fingerprint density at radius 3 is 2.61 bits per heavy atom. The standard InChI is InChI=1S/C12H18N2O4/c1-5-7(4-13-3)10(12(17)18)14-9(5)8(6(2)15)11(14)16/h5-6,8-9,13,15H,4H2,1-3H3,(H,17,18). The van der Waals surface area contributed by atoms with Gasteiger partial charge in [-0.2, -0.15) is 0 Å². The molecule has 6 heteroatoms. The van der Waals surface area contributed by atoms with E-state index in [1.807, 2.05) is 6.92 Å². The van der Waals surface area contributed by atoms with Crippen LogP contribution in [-0.4, -0.2) is 52.7 Å². The van der Waals surface area contributed by atoms with E-state index in [0.717, 1.165) is 5.57 Å². The summed E-state index contributed by atoms with van der Waals surface area (Å²) >= 11 is 0. The Labute approximate surface area is 105 Å². The zero-order valence-electron chi connectivity index (χ0n) is 10.7. The van der Waals surface area contributed by atoms with Gasteiger partial charge >= 0.3 is 5.97 Å². The number of carboxylic acids is 1. The number of nitrogens with one attached hydrogen (secondary N) is 1. The van der Waals surface area contributed by atoms with Crippen LogP contribution < -0.4 is 5.32 Å². The van der Waals surface area contributed by atoms with Crippen LogP contribution in [0.25, 0.3) is 0 Å². The summed E-state index contributed by atoms with van der Waals surface area (Å²) in [5, 5.41) is 21.8. The maximum atomic E-state index is 11.9. The number of β-lactam (4-membered cyclic amide) rings is 1. The van der Waals surface area contributed by atoms with E-state index in [1.54, 1.807) is 14.0 Å². The number of hydrogen-bond donors (Lipinski definition) is 3. The van der Waals surface area contributed by atoms with Crippen LogP contribution in [0.15, 0.2) is 11.3 Å². The number of likely N-dealkylation sites (N-methyl/N-ethyl adjacent to an activating group) is 1. The van der Waals surface area contributed by atoms with E-state index < -0.39 is 18.0 Å². The summed E-state index contributed by atoms with van der Waals surface area (Å²) in [6.07, 6.45) is -0.745. The summed E-state index contributed by atoms with van der Waals surface area (Å²) in [4.78, 5) is 24.6. The van der Waals surface area contributed by atoms with Crippen LogP contribution in [0.1, 0.15) is 13.8 Å². The molecule has 0 spiro atoms. The van der Waals surface area contributed by atoms with Gasteiger partial charge in [0.2, 0.25) is 5.91 Å². The summed E-state index contributed by atoms with van der Waals surface area (Å²) in [6, 6.07) is -0.216. The fourth-order valence-corrected chi connectivity index (χ4v) is 3.07. The molecule has 0 radical (unpaired) electrons. The summed E-state index contributed by atoms with van der Waals surface area (Å²) in [5.41, 5.74) is 0.815. The van der Waals surface area contributed by atoms with Crippen LogP contribution >= 0.6 is 0 Å². The number of hydrogen-bond acceptors (Lipinski definition) is 4. The van der Waals surface area contributed by atoms with Crippen molar-refractivity contribution in [3.05, 3.63) is 11.3 Å². The average Bonchev–Trinajstić information content (AvgIpc) is 2.50. The van der Waals surface area contributed by atoms with Gasteiger partial charge in [-0.3, -0.25) is 4.79 Å². The molecule has 2 rings (SSSR count). The number of carboxylic acid groups (broad SMARTS) is 1. The Bertz CT molecular complexity index is 430. The summed E-state index contributed by atoms with van der Waals surface area (Å²) in [5.74, 6) is -1.89. The van der Waals surface area contributed by atoms with Crippen LogP contribution in [0.5, 0.6) is 0 Å². The van der Waals surface area contributed by atoms with Crippen molar-refractivity contribution in [3.8, 4) is 0 Å². The number of nitrogens with zero attached hydrogens (tertiary/aromatic N) is 1. The lowest BCUT2D eigenvalue weighted by molar-refractivity contribution is -0.163. The Hall–Kier alpha value is -1.40. The molecular formula is C12H18N2O4. The molecule has 4 unspecified atom stereocenters. The summed E-state index contributed by atoms with van der Waals surface area (Å²) in [6.45, 7) is 3.92. The summed E-state index contributed by atoms with van der Waals surface area (Å²) in [7, 11) is 1.74. The first-order valence-electron chi connectivity index (χ1n) is 6.03. The minimum Gasteiger partial charge on any atom is -0.477 e. The smallest absolute Gasteiger partial charge is 0.352 e. The van der Waals surface area contributed by atoms with Crippen LogP contribution in [0, 0.1) is 11.8 Å². The molecule has 0 saturated carbocycles. The monoisotopic (exact) mass is 254 g/mol. The molecule has 2 aliphatic heterocycles. The lowest BCUT2D eigenvalue weighted by Gasteiger charge is -2.46. The van der Waals surface area contributed by atoms with Gasteiger partial charge in [-0.05, 0) is 19.5 Å². The number of fused-ring (bicyclic) bond motifs is 1. The first-order chi connectivity index (χ1) is 8.41. The number of aliphatic hydroxyl groups is 1. The molecule has 0 bridgehead atoms. The van der Waals surface area contributed by atoms with E-state index in [1.165, 1.54) is 4.90 Å². The van der Waals surface area contributed by atoms with Crippen molar-refractivity contribution < 1.29 is 19.8 Å². The molecule has 6 nitrogen and oxygen atoms in total. The molecule has 1 saturated heterocycles. The quantitative estimate of drug-likeness (QED) is 0.583. The zero-order valence-corrected chi connectivity index (χ0v) is 10.7. The lowest BCUT2D eigenvalue weighted by atomic mass is 9.78. The lowest BCUT2D eigenvalue weighted by Crippen LogP contribution is -2.63. The predicted molar refractivity (Wildman–Crippen MR) is 63.6 cm³/mol. The van der Waals surface area contributed by atoms with Crippen LogP contribution in [-0.2, 0) is 9.59 Å². The number of aliphatic hydroxyl groups excluding tert-OH is 1. The number of aliphatic carboxylic acids is 1. The average molecular weight is 254 g/mol. The molecule has 4 atom stereocenters. The first-order valence-corrected chi connectivity index (χ1v) is 6.03. The molecule has 1 amide bonds. The van der Waals surface area contributed by atoms with Gasteiger partial charge < -0.3 is 20.4 Å². The zero-order chi connectivity index (χ0) is 13.6. The molecule has 0 aromatic rings. The van der Waals surface area contributed by atoms with Crippen molar-refractivity contribution >= 4 is 11.9 Å². The highest BCUT2D eigenvalue weighted by molar-refractivity contribution is 6.00. The molecule has 1 fully saturated rings. The van der Waals surface area contributed by atoms with Crippen molar-refractivity contribution in [1.82, 2.24) is 10.2 Å². The largest absolute Gasteiger partial charge is 0.477 e. The fourth-order valence-electron chi connectivity index (χ4n) is 3.07. The molecule has 3 N–H and O–H groups in total. The van der Waals surface area contributed by atoms with Crippen LogP contribution in [0.3, 0.4) is 0 Å². The van der Waals surface area contributed by atoms with Crippen LogP contribution in [0.4, 0.5) is 0 Å². The second-order valence-electron chi connectivity index (χ2n) is 4.96. The van der Waals surface area contributed by atoms with Crippen molar-refractivity contribution in [3.63, 3.8) is 0 Å². The summed E-state index contributed by atoms with van der Waals surface area (Å²) < 4.78 is 0. The van der Waals surface area contributed by atoms with Crippen molar-refractivity contribution in [2.75, 3.05) is 13.6 Å². The van der Waals surface area contributed by atoms with Gasteiger partial charge in [-0.1, -0.05) is 6.92 Å². The molecule has 18 heavy (non-hydrogen) atoms. The van der Waals surface area contributed by atoms with Gasteiger partial charge in [0.15, 0.2) is 0 Å². The maximum Gasteiger partial charge on any atom is 0.352 e. The topological polar surface area (TPSA) is 89.9 Å². The van der Waals surface area contributed by atoms with Crippen molar-refractivity contribution in [2.45, 2.75) is 26.0 Å². The number of rotatable bonds is 4. The Morgan fingerprint density at radius 1 is 1.56 bits per heavy atom. The van der Waals surface area contributed by atoms with Crippen molar-refractivity contribution in [1.29, 1.82) is 0 Å². The molecule has 0 aliphatic carbocycles. The minimum atomic E-state index is -1.08. The first kappa shape index (κ1) is 13.0. The van der Waals surface area contributed by atoms with E-state index >= 15 is 0 Å². The maximum absolute atomic E-state index is 11.9. The van der Waals surface area contributed by atoms with Gasteiger partial charge in [-0.25, -0.2) is 4.79 Å².